The molecular formula is C15H25FN2O. The van der Waals surface area contributed by atoms with Crippen LogP contribution in [0.5, 0.6) is 0 Å². The number of aliphatic hydroxyl groups is 1. The van der Waals surface area contributed by atoms with E-state index in [0.717, 1.165) is 19.5 Å². The first kappa shape index (κ1) is 15.9. The zero-order valence-electron chi connectivity index (χ0n) is 12.1. The highest BCUT2D eigenvalue weighted by atomic mass is 19.1. The second kappa shape index (κ2) is 8.12. The number of rotatable bonds is 8. The first-order valence-corrected chi connectivity index (χ1v) is 6.94. The largest absolute Gasteiger partial charge is 0.395 e. The van der Waals surface area contributed by atoms with Gasteiger partial charge >= 0.3 is 0 Å². The van der Waals surface area contributed by atoms with Crippen LogP contribution in [-0.4, -0.2) is 36.9 Å². The number of benzene rings is 1. The van der Waals surface area contributed by atoms with Gasteiger partial charge in [0.15, 0.2) is 0 Å². The lowest BCUT2D eigenvalue weighted by Crippen LogP contribution is -2.40. The summed E-state index contributed by atoms with van der Waals surface area (Å²) in [5, 5.41) is 12.6. The molecule has 1 unspecified atom stereocenters. The number of aliphatic hydroxyl groups excluding tert-OH is 1. The van der Waals surface area contributed by atoms with Crippen molar-refractivity contribution in [2.75, 3.05) is 24.6 Å². The van der Waals surface area contributed by atoms with Gasteiger partial charge in [0.25, 0.3) is 0 Å². The average Bonchev–Trinajstić information content (AvgIpc) is 2.39. The van der Waals surface area contributed by atoms with Crippen LogP contribution in [0.3, 0.4) is 0 Å². The summed E-state index contributed by atoms with van der Waals surface area (Å²) < 4.78 is 13.7. The van der Waals surface area contributed by atoms with E-state index in [-0.39, 0.29) is 18.5 Å². The Morgan fingerprint density at radius 3 is 2.53 bits per heavy atom. The third-order valence-corrected chi connectivity index (χ3v) is 3.11. The molecule has 0 radical (unpaired) electrons. The molecule has 0 saturated heterocycles. The molecule has 3 nitrogen and oxygen atoms in total. The Bertz CT molecular complexity index is 371. The van der Waals surface area contributed by atoms with Crippen LogP contribution < -0.4 is 10.2 Å². The number of hydrogen-bond donors (Lipinski definition) is 2. The first-order chi connectivity index (χ1) is 9.08. The van der Waals surface area contributed by atoms with E-state index in [0.29, 0.717) is 11.7 Å². The first-order valence-electron chi connectivity index (χ1n) is 6.94. The lowest BCUT2D eigenvalue weighted by Gasteiger charge is -2.27. The predicted octanol–water partition coefficient (Wildman–Crippen LogP) is 2.40. The molecule has 0 spiro atoms. The quantitative estimate of drug-likeness (QED) is 0.760. The molecule has 0 fully saturated rings. The summed E-state index contributed by atoms with van der Waals surface area (Å²) in [6.07, 6.45) is 0.789. The van der Waals surface area contributed by atoms with Crippen molar-refractivity contribution in [1.82, 2.24) is 5.32 Å². The van der Waals surface area contributed by atoms with Crippen molar-refractivity contribution in [3.8, 4) is 0 Å². The molecule has 0 aliphatic carbocycles. The van der Waals surface area contributed by atoms with Crippen LogP contribution in [-0.2, 0) is 0 Å². The van der Waals surface area contributed by atoms with E-state index >= 15 is 0 Å². The highest BCUT2D eigenvalue weighted by molar-refractivity contribution is 5.47. The fourth-order valence-electron chi connectivity index (χ4n) is 2.17. The van der Waals surface area contributed by atoms with Gasteiger partial charge in [0.1, 0.15) is 5.82 Å². The van der Waals surface area contributed by atoms with Crippen molar-refractivity contribution in [1.29, 1.82) is 0 Å². The normalized spacial score (nSPS) is 12.7. The third-order valence-electron chi connectivity index (χ3n) is 3.11. The average molecular weight is 268 g/mol. The van der Waals surface area contributed by atoms with E-state index in [9.17, 15) is 9.50 Å². The summed E-state index contributed by atoms with van der Waals surface area (Å²) in [4.78, 5) is 2.00. The number of anilines is 1. The van der Waals surface area contributed by atoms with Crippen molar-refractivity contribution >= 4 is 5.69 Å². The molecule has 0 saturated carbocycles. The van der Waals surface area contributed by atoms with Crippen molar-refractivity contribution in [3.05, 3.63) is 30.1 Å². The highest BCUT2D eigenvalue weighted by Crippen LogP contribution is 2.18. The fraction of sp³-hybridized carbons (Fsp3) is 0.600. The van der Waals surface area contributed by atoms with Crippen LogP contribution in [0, 0.1) is 5.82 Å². The maximum Gasteiger partial charge on any atom is 0.146 e. The summed E-state index contributed by atoms with van der Waals surface area (Å²) in [6.45, 7) is 7.70. The second-order valence-corrected chi connectivity index (χ2v) is 5.02. The van der Waals surface area contributed by atoms with Crippen LogP contribution in [0.15, 0.2) is 24.3 Å². The Hall–Kier alpha value is -1.13. The molecule has 0 bridgehead atoms. The smallest absolute Gasteiger partial charge is 0.146 e. The van der Waals surface area contributed by atoms with Gasteiger partial charge in [-0.25, -0.2) is 4.39 Å². The monoisotopic (exact) mass is 268 g/mol. The molecule has 0 heterocycles. The topological polar surface area (TPSA) is 35.5 Å². The van der Waals surface area contributed by atoms with Crippen LogP contribution in [0.4, 0.5) is 10.1 Å². The van der Waals surface area contributed by atoms with Crippen LogP contribution in [0.2, 0.25) is 0 Å². The van der Waals surface area contributed by atoms with E-state index < -0.39 is 0 Å². The molecular weight excluding hydrogens is 243 g/mol. The number of hydrogen-bond acceptors (Lipinski definition) is 3. The summed E-state index contributed by atoms with van der Waals surface area (Å²) >= 11 is 0. The minimum atomic E-state index is -0.193. The van der Waals surface area contributed by atoms with E-state index in [4.69, 9.17) is 0 Å². The van der Waals surface area contributed by atoms with Gasteiger partial charge in [0.05, 0.1) is 12.3 Å². The molecule has 108 valence electrons. The summed E-state index contributed by atoms with van der Waals surface area (Å²) in [5.41, 5.74) is 0.631. The zero-order chi connectivity index (χ0) is 14.3. The van der Waals surface area contributed by atoms with Crippen LogP contribution in [0.25, 0.3) is 0 Å². The molecule has 0 amide bonds. The number of para-hydroxylation sites is 1. The number of halogens is 1. The molecule has 19 heavy (non-hydrogen) atoms. The molecule has 0 aromatic heterocycles. The van der Waals surface area contributed by atoms with Gasteiger partial charge in [-0.05, 0) is 25.5 Å². The number of nitrogens with zero attached hydrogens (tertiary/aromatic N) is 1. The molecule has 0 aliphatic heterocycles. The lowest BCUT2D eigenvalue weighted by atomic mass is 10.1. The molecule has 1 aromatic rings. The van der Waals surface area contributed by atoms with Gasteiger partial charge < -0.3 is 15.3 Å². The molecule has 1 rings (SSSR count). The van der Waals surface area contributed by atoms with Crippen molar-refractivity contribution < 1.29 is 9.50 Å². The van der Waals surface area contributed by atoms with Crippen LogP contribution >= 0.6 is 0 Å². The molecule has 4 heteroatoms. The van der Waals surface area contributed by atoms with Gasteiger partial charge in [0, 0.05) is 25.2 Å². The lowest BCUT2D eigenvalue weighted by molar-refractivity contribution is 0.229. The Labute approximate surface area is 115 Å². The summed E-state index contributed by atoms with van der Waals surface area (Å²) in [6, 6.07) is 7.21. The maximum absolute atomic E-state index is 13.7. The standard InChI is InChI=1S/C15H25FN2O/c1-4-18(15-8-6-5-7-14(15)16)10-9-13(11-19)17-12(2)3/h5-8,12-13,17,19H,4,9-11H2,1-3H3. The molecule has 2 N–H and O–H groups in total. The van der Waals surface area contributed by atoms with Gasteiger partial charge in [-0.1, -0.05) is 26.0 Å². The maximum atomic E-state index is 13.7. The van der Waals surface area contributed by atoms with E-state index in [2.05, 4.69) is 19.2 Å². The second-order valence-electron chi connectivity index (χ2n) is 5.02. The Balaban J connectivity index is 2.60. The van der Waals surface area contributed by atoms with Crippen LogP contribution in [0.1, 0.15) is 27.2 Å². The van der Waals surface area contributed by atoms with Gasteiger partial charge in [-0.3, -0.25) is 0 Å². The predicted molar refractivity (Wildman–Crippen MR) is 78.0 cm³/mol. The van der Waals surface area contributed by atoms with E-state index in [1.807, 2.05) is 17.9 Å². The van der Waals surface area contributed by atoms with Gasteiger partial charge in [0.2, 0.25) is 0 Å². The number of nitrogens with one attached hydrogen (secondary N) is 1. The molecule has 0 aliphatic rings. The van der Waals surface area contributed by atoms with Crippen molar-refractivity contribution in [2.24, 2.45) is 0 Å². The van der Waals surface area contributed by atoms with Crippen molar-refractivity contribution in [3.63, 3.8) is 0 Å². The summed E-state index contributed by atoms with van der Waals surface area (Å²) in [7, 11) is 0. The zero-order valence-corrected chi connectivity index (χ0v) is 12.1. The van der Waals surface area contributed by atoms with E-state index in [1.54, 1.807) is 12.1 Å². The molecule has 1 atom stereocenters. The van der Waals surface area contributed by atoms with Gasteiger partial charge in [-0.2, -0.15) is 0 Å². The Morgan fingerprint density at radius 1 is 1.32 bits per heavy atom. The Kier molecular flexibility index (Phi) is 6.81. The van der Waals surface area contributed by atoms with E-state index in [1.165, 1.54) is 6.07 Å². The Morgan fingerprint density at radius 2 is 2.00 bits per heavy atom. The highest BCUT2D eigenvalue weighted by Gasteiger charge is 2.13. The van der Waals surface area contributed by atoms with Crippen molar-refractivity contribution in [2.45, 2.75) is 39.3 Å². The van der Waals surface area contributed by atoms with Gasteiger partial charge in [-0.15, -0.1) is 0 Å². The fourth-order valence-corrected chi connectivity index (χ4v) is 2.17. The molecule has 1 aromatic carbocycles. The minimum Gasteiger partial charge on any atom is -0.395 e. The minimum absolute atomic E-state index is 0.0563. The summed E-state index contributed by atoms with van der Waals surface area (Å²) in [5.74, 6) is -0.193. The SMILES string of the molecule is CCN(CCC(CO)NC(C)C)c1ccccc1F. The third kappa shape index (κ3) is 5.17.